The molecule has 0 saturated heterocycles. The number of aromatic nitrogens is 2. The average molecular weight is 211 g/mol. The first kappa shape index (κ1) is 11.2. The minimum atomic E-state index is -1.04. The normalized spacial score (nSPS) is 12.1. The van der Waals surface area contributed by atoms with Crippen molar-refractivity contribution >= 4 is 11.9 Å². The summed E-state index contributed by atoms with van der Waals surface area (Å²) in [6.45, 7) is 1.87. The number of amides is 1. The van der Waals surface area contributed by atoms with Crippen LogP contribution in [-0.2, 0) is 16.1 Å². The van der Waals surface area contributed by atoms with E-state index in [1.165, 1.54) is 6.92 Å². The Balaban J connectivity index is 2.28. The van der Waals surface area contributed by atoms with Crippen LogP contribution in [-0.4, -0.2) is 32.8 Å². The lowest BCUT2D eigenvalue weighted by molar-refractivity contribution is -0.141. The Morgan fingerprint density at radius 1 is 1.60 bits per heavy atom. The molecule has 1 amide bonds. The summed E-state index contributed by atoms with van der Waals surface area (Å²) < 4.78 is 1.62. The Bertz CT molecular complexity index is 334. The molecular formula is C9H13N3O3. The van der Waals surface area contributed by atoms with Crippen LogP contribution < -0.4 is 5.32 Å². The SMILES string of the molecule is CC(NC(=O)CCn1cccn1)C(=O)O. The molecule has 1 unspecified atom stereocenters. The highest BCUT2D eigenvalue weighted by Crippen LogP contribution is 1.91. The fourth-order valence-corrected chi connectivity index (χ4v) is 1.02. The molecule has 1 aromatic heterocycles. The number of carbonyl (C=O) groups is 2. The van der Waals surface area contributed by atoms with E-state index in [4.69, 9.17) is 5.11 Å². The maximum Gasteiger partial charge on any atom is 0.325 e. The van der Waals surface area contributed by atoms with E-state index in [0.717, 1.165) is 0 Å². The van der Waals surface area contributed by atoms with E-state index in [1.54, 1.807) is 23.1 Å². The lowest BCUT2D eigenvalue weighted by Crippen LogP contribution is -2.38. The molecule has 0 aliphatic carbocycles. The third-order valence-corrected chi connectivity index (χ3v) is 1.88. The molecule has 1 atom stereocenters. The molecule has 0 saturated carbocycles. The van der Waals surface area contributed by atoms with Gasteiger partial charge in [0.2, 0.25) is 5.91 Å². The predicted octanol–water partition coefficient (Wildman–Crippen LogP) is -0.138. The van der Waals surface area contributed by atoms with Crippen LogP contribution in [0.2, 0.25) is 0 Å². The number of hydrogen-bond donors (Lipinski definition) is 2. The summed E-state index contributed by atoms with van der Waals surface area (Å²) in [6, 6.07) is 0.910. The number of carboxylic acids is 1. The molecule has 6 heteroatoms. The highest BCUT2D eigenvalue weighted by Gasteiger charge is 2.13. The number of carboxylic acid groups (broad SMARTS) is 1. The summed E-state index contributed by atoms with van der Waals surface area (Å²) in [4.78, 5) is 21.7. The minimum Gasteiger partial charge on any atom is -0.480 e. The Hall–Kier alpha value is -1.85. The summed E-state index contributed by atoms with van der Waals surface area (Å²) in [6.07, 6.45) is 3.59. The van der Waals surface area contributed by atoms with Crippen LogP contribution in [0.25, 0.3) is 0 Å². The molecule has 6 nitrogen and oxygen atoms in total. The molecule has 0 aliphatic rings. The van der Waals surface area contributed by atoms with Crippen molar-refractivity contribution in [1.82, 2.24) is 15.1 Å². The Labute approximate surface area is 86.9 Å². The average Bonchev–Trinajstić information content (AvgIpc) is 2.66. The van der Waals surface area contributed by atoms with Gasteiger partial charge in [0, 0.05) is 25.4 Å². The van der Waals surface area contributed by atoms with Gasteiger partial charge in [-0.3, -0.25) is 14.3 Å². The lowest BCUT2D eigenvalue weighted by atomic mass is 10.3. The summed E-state index contributed by atoms with van der Waals surface area (Å²) in [5, 5.41) is 14.8. The van der Waals surface area contributed by atoms with E-state index in [2.05, 4.69) is 10.4 Å². The first-order valence-corrected chi connectivity index (χ1v) is 4.59. The van der Waals surface area contributed by atoms with Gasteiger partial charge in [0.1, 0.15) is 6.04 Å². The standard InChI is InChI=1S/C9H13N3O3/c1-7(9(14)15)11-8(13)3-6-12-5-2-4-10-12/h2,4-5,7H,3,6H2,1H3,(H,11,13)(H,14,15). The van der Waals surface area contributed by atoms with Crippen molar-refractivity contribution in [2.24, 2.45) is 0 Å². The van der Waals surface area contributed by atoms with E-state index in [-0.39, 0.29) is 12.3 Å². The smallest absolute Gasteiger partial charge is 0.325 e. The fraction of sp³-hybridized carbons (Fsp3) is 0.444. The minimum absolute atomic E-state index is 0.222. The monoisotopic (exact) mass is 211 g/mol. The molecule has 82 valence electrons. The van der Waals surface area contributed by atoms with E-state index in [0.29, 0.717) is 6.54 Å². The third-order valence-electron chi connectivity index (χ3n) is 1.88. The summed E-state index contributed by atoms with van der Waals surface area (Å²) in [5.41, 5.74) is 0. The quantitative estimate of drug-likeness (QED) is 0.710. The molecular weight excluding hydrogens is 198 g/mol. The Kier molecular flexibility index (Phi) is 3.84. The number of nitrogens with one attached hydrogen (secondary N) is 1. The highest BCUT2D eigenvalue weighted by atomic mass is 16.4. The molecule has 0 fully saturated rings. The number of nitrogens with zero attached hydrogens (tertiary/aromatic N) is 2. The van der Waals surface area contributed by atoms with Crippen molar-refractivity contribution in [2.45, 2.75) is 25.9 Å². The molecule has 2 N–H and O–H groups in total. The van der Waals surface area contributed by atoms with Crippen LogP contribution in [0, 0.1) is 0 Å². The fourth-order valence-electron chi connectivity index (χ4n) is 1.02. The van der Waals surface area contributed by atoms with Gasteiger partial charge in [0.25, 0.3) is 0 Å². The first-order valence-electron chi connectivity index (χ1n) is 4.59. The van der Waals surface area contributed by atoms with Crippen molar-refractivity contribution < 1.29 is 14.7 Å². The molecule has 0 radical (unpaired) electrons. The zero-order chi connectivity index (χ0) is 11.3. The van der Waals surface area contributed by atoms with Crippen LogP contribution in [0.1, 0.15) is 13.3 Å². The summed E-state index contributed by atoms with van der Waals surface area (Å²) >= 11 is 0. The van der Waals surface area contributed by atoms with Crippen LogP contribution in [0.3, 0.4) is 0 Å². The zero-order valence-corrected chi connectivity index (χ0v) is 8.38. The zero-order valence-electron chi connectivity index (χ0n) is 8.38. The second-order valence-electron chi connectivity index (χ2n) is 3.15. The molecule has 0 aromatic carbocycles. The van der Waals surface area contributed by atoms with Gasteiger partial charge in [0.15, 0.2) is 0 Å². The van der Waals surface area contributed by atoms with Gasteiger partial charge < -0.3 is 10.4 Å². The molecule has 0 aliphatic heterocycles. The Morgan fingerprint density at radius 2 is 2.33 bits per heavy atom. The molecule has 1 heterocycles. The molecule has 15 heavy (non-hydrogen) atoms. The number of rotatable bonds is 5. The molecule has 0 spiro atoms. The van der Waals surface area contributed by atoms with Crippen molar-refractivity contribution in [3.63, 3.8) is 0 Å². The second kappa shape index (κ2) is 5.14. The summed E-state index contributed by atoms with van der Waals surface area (Å²) in [7, 11) is 0. The predicted molar refractivity (Wildman–Crippen MR) is 52.1 cm³/mol. The molecule has 1 rings (SSSR count). The van der Waals surface area contributed by atoms with Crippen LogP contribution >= 0.6 is 0 Å². The van der Waals surface area contributed by atoms with Gasteiger partial charge in [-0.1, -0.05) is 0 Å². The van der Waals surface area contributed by atoms with E-state index >= 15 is 0 Å². The number of aliphatic carboxylic acids is 1. The van der Waals surface area contributed by atoms with E-state index < -0.39 is 12.0 Å². The van der Waals surface area contributed by atoms with Gasteiger partial charge in [-0.15, -0.1) is 0 Å². The van der Waals surface area contributed by atoms with Crippen LogP contribution in [0.4, 0.5) is 0 Å². The summed E-state index contributed by atoms with van der Waals surface area (Å²) in [5.74, 6) is -1.33. The number of aryl methyl sites for hydroxylation is 1. The van der Waals surface area contributed by atoms with Gasteiger partial charge in [0.05, 0.1) is 0 Å². The molecule has 0 bridgehead atoms. The lowest BCUT2D eigenvalue weighted by Gasteiger charge is -2.08. The number of carbonyl (C=O) groups excluding carboxylic acids is 1. The van der Waals surface area contributed by atoms with Crippen LogP contribution in [0.5, 0.6) is 0 Å². The molecule has 1 aromatic rings. The largest absolute Gasteiger partial charge is 0.480 e. The van der Waals surface area contributed by atoms with Gasteiger partial charge in [-0.05, 0) is 13.0 Å². The second-order valence-corrected chi connectivity index (χ2v) is 3.15. The van der Waals surface area contributed by atoms with Crippen molar-refractivity contribution in [1.29, 1.82) is 0 Å². The van der Waals surface area contributed by atoms with Crippen molar-refractivity contribution in [3.05, 3.63) is 18.5 Å². The van der Waals surface area contributed by atoms with Gasteiger partial charge >= 0.3 is 5.97 Å². The Morgan fingerprint density at radius 3 is 2.87 bits per heavy atom. The topological polar surface area (TPSA) is 84.2 Å². The maximum absolute atomic E-state index is 11.2. The maximum atomic E-state index is 11.2. The highest BCUT2D eigenvalue weighted by molar-refractivity contribution is 5.83. The van der Waals surface area contributed by atoms with Gasteiger partial charge in [-0.25, -0.2) is 0 Å². The van der Waals surface area contributed by atoms with Crippen molar-refractivity contribution in [3.8, 4) is 0 Å². The third kappa shape index (κ3) is 3.80. The van der Waals surface area contributed by atoms with E-state index in [1.807, 2.05) is 0 Å². The number of hydrogen-bond acceptors (Lipinski definition) is 3. The van der Waals surface area contributed by atoms with Crippen molar-refractivity contribution in [2.75, 3.05) is 0 Å². The van der Waals surface area contributed by atoms with Crippen LogP contribution in [0.15, 0.2) is 18.5 Å². The first-order chi connectivity index (χ1) is 7.09. The van der Waals surface area contributed by atoms with E-state index in [9.17, 15) is 9.59 Å². The van der Waals surface area contributed by atoms with Gasteiger partial charge in [-0.2, -0.15) is 5.10 Å².